The second-order valence-electron chi connectivity index (χ2n) is 6.27. The van der Waals surface area contributed by atoms with Crippen LogP contribution in [-0.2, 0) is 11.2 Å². The van der Waals surface area contributed by atoms with Gasteiger partial charge in [0.25, 0.3) is 0 Å². The van der Waals surface area contributed by atoms with Crippen LogP contribution in [0.3, 0.4) is 0 Å². The number of nitrogens with one attached hydrogen (secondary N) is 1. The van der Waals surface area contributed by atoms with E-state index < -0.39 is 0 Å². The minimum atomic E-state index is -0.0612. The van der Waals surface area contributed by atoms with Crippen molar-refractivity contribution in [3.63, 3.8) is 0 Å². The van der Waals surface area contributed by atoms with Crippen molar-refractivity contribution < 1.29 is 4.79 Å². The first-order chi connectivity index (χ1) is 13.1. The number of thiazole rings is 1. The highest BCUT2D eigenvalue weighted by Crippen LogP contribution is 2.26. The number of aryl methyl sites for hydroxylation is 2. The second kappa shape index (κ2) is 7.46. The Bertz CT molecular complexity index is 1060. The first kappa shape index (κ1) is 17.6. The summed E-state index contributed by atoms with van der Waals surface area (Å²) in [4.78, 5) is 18.1. The van der Waals surface area contributed by atoms with E-state index in [-0.39, 0.29) is 5.91 Å². The summed E-state index contributed by atoms with van der Waals surface area (Å²) in [6.07, 6.45) is 0.356. The van der Waals surface area contributed by atoms with Crippen molar-refractivity contribution in [2.45, 2.75) is 20.3 Å². The number of thiophene rings is 1. The maximum Gasteiger partial charge on any atom is 0.230 e. The topological polar surface area (TPSA) is 59.8 Å². The normalized spacial score (nSPS) is 10.9. The van der Waals surface area contributed by atoms with E-state index in [0.717, 1.165) is 27.0 Å². The molecule has 7 heteroatoms. The monoisotopic (exact) mass is 394 g/mol. The molecule has 1 aromatic carbocycles. The first-order valence-corrected chi connectivity index (χ1v) is 10.3. The average molecular weight is 395 g/mol. The van der Waals surface area contributed by atoms with E-state index in [4.69, 9.17) is 4.98 Å². The van der Waals surface area contributed by atoms with Gasteiger partial charge >= 0.3 is 0 Å². The van der Waals surface area contributed by atoms with Gasteiger partial charge in [0, 0.05) is 21.9 Å². The van der Waals surface area contributed by atoms with Crippen LogP contribution in [0.25, 0.3) is 16.4 Å². The van der Waals surface area contributed by atoms with Crippen molar-refractivity contribution in [3.05, 3.63) is 69.4 Å². The summed E-state index contributed by atoms with van der Waals surface area (Å²) in [5.74, 6) is 0.577. The third kappa shape index (κ3) is 3.99. The molecular formula is C20H18N4OS2. The molecule has 4 aromatic rings. The molecule has 0 unspecified atom stereocenters. The summed E-state index contributed by atoms with van der Waals surface area (Å²) in [5.41, 5.74) is 4.01. The number of carbonyl (C=O) groups is 1. The lowest BCUT2D eigenvalue weighted by Crippen LogP contribution is -2.16. The molecule has 5 nitrogen and oxygen atoms in total. The number of aromatic nitrogens is 3. The quantitative estimate of drug-likeness (QED) is 0.526. The lowest BCUT2D eigenvalue weighted by atomic mass is 10.1. The van der Waals surface area contributed by atoms with Gasteiger partial charge in [-0.2, -0.15) is 9.78 Å². The molecule has 0 saturated heterocycles. The van der Waals surface area contributed by atoms with E-state index in [1.165, 1.54) is 16.9 Å². The number of nitrogens with zero attached hydrogens (tertiary/aromatic N) is 3. The van der Waals surface area contributed by atoms with Crippen molar-refractivity contribution >= 4 is 34.4 Å². The lowest BCUT2D eigenvalue weighted by molar-refractivity contribution is -0.115. The molecule has 4 rings (SSSR count). The molecule has 1 N–H and O–H groups in total. The Balaban J connectivity index is 1.57. The number of hydrogen-bond donors (Lipinski definition) is 1. The molecule has 3 aromatic heterocycles. The predicted molar refractivity (Wildman–Crippen MR) is 111 cm³/mol. The number of carbonyl (C=O) groups excluding carboxylic acids is 1. The Labute approximate surface area is 165 Å². The van der Waals surface area contributed by atoms with Crippen LogP contribution >= 0.6 is 22.7 Å². The molecule has 0 fully saturated rings. The van der Waals surface area contributed by atoms with Crippen LogP contribution < -0.4 is 5.32 Å². The van der Waals surface area contributed by atoms with Crippen LogP contribution in [0.4, 0.5) is 5.82 Å². The zero-order valence-electron chi connectivity index (χ0n) is 15.0. The average Bonchev–Trinajstić information content (AvgIpc) is 3.37. The van der Waals surface area contributed by atoms with Gasteiger partial charge in [0.15, 0.2) is 0 Å². The number of anilines is 1. The smallest absolute Gasteiger partial charge is 0.230 e. The molecule has 136 valence electrons. The highest BCUT2D eigenvalue weighted by Gasteiger charge is 2.15. The molecule has 3 heterocycles. The van der Waals surface area contributed by atoms with Crippen molar-refractivity contribution in [1.29, 1.82) is 0 Å². The van der Waals surface area contributed by atoms with E-state index in [9.17, 15) is 4.79 Å². The zero-order chi connectivity index (χ0) is 18.8. The van der Waals surface area contributed by atoms with Gasteiger partial charge in [-0.3, -0.25) is 4.79 Å². The van der Waals surface area contributed by atoms with Crippen LogP contribution in [0.5, 0.6) is 0 Å². The molecular weight excluding hydrogens is 376 g/mol. The van der Waals surface area contributed by atoms with Crippen molar-refractivity contribution in [3.8, 4) is 16.4 Å². The molecule has 0 saturated carbocycles. The number of rotatable bonds is 5. The fourth-order valence-electron chi connectivity index (χ4n) is 2.71. The van der Waals surface area contributed by atoms with Gasteiger partial charge in [-0.25, -0.2) is 4.98 Å². The Morgan fingerprint density at radius 2 is 1.96 bits per heavy atom. The van der Waals surface area contributed by atoms with E-state index in [0.29, 0.717) is 12.2 Å². The van der Waals surface area contributed by atoms with Gasteiger partial charge in [-0.05, 0) is 25.3 Å². The summed E-state index contributed by atoms with van der Waals surface area (Å²) in [6, 6.07) is 14.0. The number of benzene rings is 1. The Morgan fingerprint density at radius 1 is 1.15 bits per heavy atom. The Kier molecular flexibility index (Phi) is 4.87. The molecule has 0 atom stereocenters. The van der Waals surface area contributed by atoms with Gasteiger partial charge < -0.3 is 5.32 Å². The van der Waals surface area contributed by atoms with Crippen LogP contribution in [0.2, 0.25) is 0 Å². The molecule has 0 aliphatic heterocycles. The largest absolute Gasteiger partial charge is 0.310 e. The Morgan fingerprint density at radius 3 is 2.70 bits per heavy atom. The summed E-state index contributed by atoms with van der Waals surface area (Å²) < 4.78 is 1.70. The molecule has 0 spiro atoms. The van der Waals surface area contributed by atoms with E-state index in [1.54, 1.807) is 16.0 Å². The second-order valence-corrected chi connectivity index (χ2v) is 8.14. The Hall–Kier alpha value is -2.77. The summed E-state index contributed by atoms with van der Waals surface area (Å²) in [5, 5.41) is 12.2. The fourth-order valence-corrected chi connectivity index (χ4v) is 4.21. The van der Waals surface area contributed by atoms with Crippen LogP contribution in [-0.4, -0.2) is 20.7 Å². The maximum atomic E-state index is 12.4. The van der Waals surface area contributed by atoms with Gasteiger partial charge in [-0.1, -0.05) is 35.9 Å². The predicted octanol–water partition coefficient (Wildman–Crippen LogP) is 4.86. The highest BCUT2D eigenvalue weighted by molar-refractivity contribution is 7.12. The number of hydrogen-bond acceptors (Lipinski definition) is 5. The van der Waals surface area contributed by atoms with Crippen LogP contribution in [0.1, 0.15) is 16.1 Å². The molecule has 0 radical (unpaired) electrons. The lowest BCUT2D eigenvalue weighted by Gasteiger charge is -2.06. The SMILES string of the molecule is Cc1ccc(-c2csc(-n3nc(C)cc3NC(=O)Cc3cccs3)n2)cc1. The molecule has 0 aliphatic rings. The van der Waals surface area contributed by atoms with E-state index >= 15 is 0 Å². The van der Waals surface area contributed by atoms with E-state index in [2.05, 4.69) is 41.6 Å². The minimum Gasteiger partial charge on any atom is -0.310 e. The molecule has 1 amide bonds. The highest BCUT2D eigenvalue weighted by atomic mass is 32.1. The van der Waals surface area contributed by atoms with Crippen LogP contribution in [0, 0.1) is 13.8 Å². The summed E-state index contributed by atoms with van der Waals surface area (Å²) in [7, 11) is 0. The van der Waals surface area contributed by atoms with Crippen LogP contribution in [0.15, 0.2) is 53.2 Å². The molecule has 0 aliphatic carbocycles. The maximum absolute atomic E-state index is 12.4. The minimum absolute atomic E-state index is 0.0612. The van der Waals surface area contributed by atoms with E-state index in [1.807, 2.05) is 35.9 Å². The van der Waals surface area contributed by atoms with Crippen molar-refractivity contribution in [2.75, 3.05) is 5.32 Å². The molecule has 27 heavy (non-hydrogen) atoms. The third-order valence-electron chi connectivity index (χ3n) is 4.03. The van der Waals surface area contributed by atoms with Gasteiger partial charge in [0.1, 0.15) is 5.82 Å². The fraction of sp³-hybridized carbons (Fsp3) is 0.150. The standard InChI is InChI=1S/C20H18N4OS2/c1-13-5-7-15(8-6-13)17-12-27-20(21-17)24-18(10-14(2)23-24)22-19(25)11-16-4-3-9-26-16/h3-10,12H,11H2,1-2H3,(H,22,25). The first-order valence-electron chi connectivity index (χ1n) is 8.50. The molecule has 0 bridgehead atoms. The number of amides is 1. The van der Waals surface area contributed by atoms with Crippen molar-refractivity contribution in [2.24, 2.45) is 0 Å². The van der Waals surface area contributed by atoms with Gasteiger partial charge in [-0.15, -0.1) is 22.7 Å². The summed E-state index contributed by atoms with van der Waals surface area (Å²) >= 11 is 3.08. The zero-order valence-corrected chi connectivity index (χ0v) is 16.6. The van der Waals surface area contributed by atoms with Gasteiger partial charge in [0.05, 0.1) is 17.8 Å². The van der Waals surface area contributed by atoms with Crippen molar-refractivity contribution in [1.82, 2.24) is 14.8 Å². The van der Waals surface area contributed by atoms with Gasteiger partial charge in [0.2, 0.25) is 11.0 Å². The third-order valence-corrected chi connectivity index (χ3v) is 5.73. The summed E-state index contributed by atoms with van der Waals surface area (Å²) in [6.45, 7) is 3.97.